The van der Waals surface area contributed by atoms with Gasteiger partial charge in [-0.05, 0) is 87.7 Å². The Kier molecular flexibility index (Phi) is 10.2. The quantitative estimate of drug-likeness (QED) is 0.493. The van der Waals surface area contributed by atoms with Crippen LogP contribution in [0.25, 0.3) is 0 Å². The minimum atomic E-state index is -3.44. The van der Waals surface area contributed by atoms with E-state index in [1.807, 2.05) is 0 Å². The first-order chi connectivity index (χ1) is 13.4. The van der Waals surface area contributed by atoms with Crippen LogP contribution in [0.15, 0.2) is 29.2 Å². The van der Waals surface area contributed by atoms with Gasteiger partial charge in [0.15, 0.2) is 0 Å². The predicted octanol–water partition coefficient (Wildman–Crippen LogP) is 3.91. The minimum Gasteiger partial charge on any atom is -0.396 e. The minimum absolute atomic E-state index is 0.292. The second-order valence-corrected chi connectivity index (χ2v) is 10.4. The molecule has 0 aromatic heterocycles. The first kappa shape index (κ1) is 23.6. The van der Waals surface area contributed by atoms with E-state index in [4.69, 9.17) is 16.7 Å². The van der Waals surface area contributed by atoms with Gasteiger partial charge < -0.3 is 10.4 Å². The van der Waals surface area contributed by atoms with Crippen LogP contribution in [0.2, 0.25) is 5.02 Å². The van der Waals surface area contributed by atoms with Crippen LogP contribution in [0.3, 0.4) is 0 Å². The Morgan fingerprint density at radius 3 is 2.36 bits per heavy atom. The Morgan fingerprint density at radius 1 is 1.07 bits per heavy atom. The lowest BCUT2D eigenvalue weighted by Gasteiger charge is -2.29. The van der Waals surface area contributed by atoms with Gasteiger partial charge in [-0.3, -0.25) is 0 Å². The van der Waals surface area contributed by atoms with Crippen LogP contribution in [0.5, 0.6) is 0 Å². The third-order valence-electron chi connectivity index (χ3n) is 5.79. The summed E-state index contributed by atoms with van der Waals surface area (Å²) in [4.78, 5) is 0.299. The van der Waals surface area contributed by atoms with Gasteiger partial charge in [-0.1, -0.05) is 24.4 Å². The fourth-order valence-corrected chi connectivity index (χ4v) is 5.15. The van der Waals surface area contributed by atoms with Gasteiger partial charge in [-0.2, -0.15) is 0 Å². The SMILES string of the molecule is CN(CC[C@H]1CC[C@H](CNCCCCCO)CC1)S(=O)(=O)c1ccc(Cl)cc1. The van der Waals surface area contributed by atoms with Crippen molar-refractivity contribution in [3.63, 3.8) is 0 Å². The molecule has 1 aliphatic carbocycles. The number of aliphatic hydroxyl groups is 1. The van der Waals surface area contributed by atoms with Gasteiger partial charge in [0.25, 0.3) is 0 Å². The van der Waals surface area contributed by atoms with Crippen molar-refractivity contribution in [3.8, 4) is 0 Å². The lowest BCUT2D eigenvalue weighted by Crippen LogP contribution is -2.31. The molecule has 1 aromatic carbocycles. The molecule has 28 heavy (non-hydrogen) atoms. The zero-order valence-electron chi connectivity index (χ0n) is 16.9. The Balaban J connectivity index is 1.65. The smallest absolute Gasteiger partial charge is 0.242 e. The number of nitrogens with zero attached hydrogens (tertiary/aromatic N) is 1. The first-order valence-corrected chi connectivity index (χ1v) is 12.3. The fraction of sp³-hybridized carbons (Fsp3) is 0.714. The van der Waals surface area contributed by atoms with E-state index in [0.717, 1.165) is 44.7 Å². The van der Waals surface area contributed by atoms with Crippen LogP contribution < -0.4 is 5.32 Å². The van der Waals surface area contributed by atoms with E-state index in [2.05, 4.69) is 5.32 Å². The summed E-state index contributed by atoms with van der Waals surface area (Å²) < 4.78 is 26.8. The molecule has 2 N–H and O–H groups in total. The van der Waals surface area contributed by atoms with Crippen LogP contribution in [-0.2, 0) is 10.0 Å². The summed E-state index contributed by atoms with van der Waals surface area (Å²) in [5.41, 5.74) is 0. The number of aliphatic hydroxyl groups excluding tert-OH is 1. The van der Waals surface area contributed by atoms with E-state index in [1.165, 1.54) is 30.0 Å². The summed E-state index contributed by atoms with van der Waals surface area (Å²) in [5.74, 6) is 1.35. The highest BCUT2D eigenvalue weighted by Crippen LogP contribution is 2.31. The fourth-order valence-electron chi connectivity index (χ4n) is 3.84. The van der Waals surface area contributed by atoms with Gasteiger partial charge in [0.1, 0.15) is 0 Å². The Hall–Kier alpha value is -0.660. The second-order valence-electron chi connectivity index (χ2n) is 7.94. The molecule has 7 heteroatoms. The third-order valence-corrected chi connectivity index (χ3v) is 7.91. The largest absolute Gasteiger partial charge is 0.396 e. The molecule has 0 spiro atoms. The van der Waals surface area contributed by atoms with Crippen molar-refractivity contribution in [3.05, 3.63) is 29.3 Å². The molecule has 0 saturated heterocycles. The number of nitrogens with one attached hydrogen (secondary N) is 1. The van der Waals surface area contributed by atoms with Crippen LogP contribution >= 0.6 is 11.6 Å². The molecule has 1 fully saturated rings. The lowest BCUT2D eigenvalue weighted by molar-refractivity contribution is 0.247. The molecule has 0 atom stereocenters. The molecule has 1 aliphatic rings. The van der Waals surface area contributed by atoms with Crippen LogP contribution in [-0.4, -0.2) is 51.1 Å². The molecule has 0 unspecified atom stereocenters. The molecule has 1 saturated carbocycles. The summed E-state index contributed by atoms with van der Waals surface area (Å²) >= 11 is 5.85. The predicted molar refractivity (Wildman–Crippen MR) is 115 cm³/mol. The van der Waals surface area contributed by atoms with Gasteiger partial charge in [0.05, 0.1) is 4.90 Å². The van der Waals surface area contributed by atoms with Crippen molar-refractivity contribution in [1.82, 2.24) is 9.62 Å². The zero-order chi connectivity index (χ0) is 20.4. The number of rotatable bonds is 12. The summed E-state index contributed by atoms with van der Waals surface area (Å²) in [6, 6.07) is 6.36. The molecule has 160 valence electrons. The van der Waals surface area contributed by atoms with Crippen molar-refractivity contribution in [2.24, 2.45) is 11.8 Å². The van der Waals surface area contributed by atoms with Gasteiger partial charge in [0, 0.05) is 25.2 Å². The van der Waals surface area contributed by atoms with E-state index >= 15 is 0 Å². The average molecular weight is 431 g/mol. The third kappa shape index (κ3) is 7.64. The maximum absolute atomic E-state index is 12.6. The number of hydrogen-bond acceptors (Lipinski definition) is 4. The Labute approximate surface area is 175 Å². The van der Waals surface area contributed by atoms with Crippen LogP contribution in [0.1, 0.15) is 51.4 Å². The summed E-state index contributed by atoms with van der Waals surface area (Å²) in [7, 11) is -1.78. The molecule has 5 nitrogen and oxygen atoms in total. The maximum Gasteiger partial charge on any atom is 0.242 e. The zero-order valence-corrected chi connectivity index (χ0v) is 18.5. The first-order valence-electron chi connectivity index (χ1n) is 10.5. The van der Waals surface area contributed by atoms with Crippen molar-refractivity contribution in [2.75, 3.05) is 33.3 Å². The van der Waals surface area contributed by atoms with Crippen LogP contribution in [0.4, 0.5) is 0 Å². The normalized spacial score (nSPS) is 20.6. The molecular weight excluding hydrogens is 396 g/mol. The number of benzene rings is 1. The highest BCUT2D eigenvalue weighted by Gasteiger charge is 2.24. The average Bonchev–Trinajstić information content (AvgIpc) is 2.70. The molecular formula is C21H35ClN2O3S. The summed E-state index contributed by atoms with van der Waals surface area (Å²) in [6.45, 7) is 2.97. The molecule has 1 aromatic rings. The highest BCUT2D eigenvalue weighted by atomic mass is 35.5. The van der Waals surface area contributed by atoms with E-state index in [-0.39, 0.29) is 0 Å². The van der Waals surface area contributed by atoms with E-state index < -0.39 is 10.0 Å². The van der Waals surface area contributed by atoms with Gasteiger partial charge >= 0.3 is 0 Å². The number of halogens is 1. The van der Waals surface area contributed by atoms with Crippen molar-refractivity contribution in [1.29, 1.82) is 0 Å². The monoisotopic (exact) mass is 430 g/mol. The number of unbranched alkanes of at least 4 members (excludes halogenated alkanes) is 2. The molecule has 0 radical (unpaired) electrons. The second kappa shape index (κ2) is 12.1. The lowest BCUT2D eigenvalue weighted by atomic mass is 9.80. The van der Waals surface area contributed by atoms with Crippen LogP contribution in [0, 0.1) is 11.8 Å². The highest BCUT2D eigenvalue weighted by molar-refractivity contribution is 7.89. The summed E-state index contributed by atoms with van der Waals surface area (Å²) in [5, 5.41) is 12.9. The van der Waals surface area contributed by atoms with E-state index in [9.17, 15) is 8.42 Å². The van der Waals surface area contributed by atoms with E-state index in [0.29, 0.717) is 29.0 Å². The molecule has 0 bridgehead atoms. The topological polar surface area (TPSA) is 69.6 Å². The molecule has 0 amide bonds. The molecule has 2 rings (SSSR count). The van der Waals surface area contributed by atoms with Crippen molar-refractivity contribution < 1.29 is 13.5 Å². The van der Waals surface area contributed by atoms with E-state index in [1.54, 1.807) is 31.3 Å². The van der Waals surface area contributed by atoms with Gasteiger partial charge in [0.2, 0.25) is 10.0 Å². The Morgan fingerprint density at radius 2 is 1.71 bits per heavy atom. The number of hydrogen-bond donors (Lipinski definition) is 2. The standard InChI is InChI=1S/C21H35ClN2O3S/c1-24(28(26,27)21-11-9-20(22)10-12-21)15-13-18-5-7-19(8-6-18)17-23-14-3-2-4-16-25/h9-12,18-19,23,25H,2-8,13-17H2,1H3/t18-,19-. The van der Waals surface area contributed by atoms with Crippen molar-refractivity contribution >= 4 is 21.6 Å². The molecule has 0 aliphatic heterocycles. The van der Waals surface area contributed by atoms with Gasteiger partial charge in [-0.15, -0.1) is 0 Å². The van der Waals surface area contributed by atoms with Crippen molar-refractivity contribution in [2.45, 2.75) is 56.3 Å². The summed E-state index contributed by atoms with van der Waals surface area (Å²) in [6.07, 6.45) is 8.86. The van der Waals surface area contributed by atoms with Gasteiger partial charge in [-0.25, -0.2) is 12.7 Å². The maximum atomic E-state index is 12.6. The number of sulfonamides is 1. The Bertz CT molecular complexity index is 659. The molecule has 0 heterocycles.